The molecule has 1 aliphatic heterocycles. The van der Waals surface area contributed by atoms with Gasteiger partial charge in [-0.3, -0.25) is 0 Å². The van der Waals surface area contributed by atoms with Gasteiger partial charge in [-0.15, -0.1) is 5.10 Å². The van der Waals surface area contributed by atoms with E-state index in [4.69, 9.17) is 0 Å². The molecule has 0 saturated carbocycles. The third kappa shape index (κ3) is 1.63. The van der Waals surface area contributed by atoms with E-state index in [9.17, 15) is 0 Å². The second-order valence-corrected chi connectivity index (χ2v) is 2.79. The molecular formula is C5H10N4S. The van der Waals surface area contributed by atoms with Crippen molar-refractivity contribution in [3.8, 4) is 0 Å². The molecular weight excluding hydrogens is 148 g/mol. The summed E-state index contributed by atoms with van der Waals surface area (Å²) < 4.78 is 0. The smallest absolute Gasteiger partial charge is 0.188 e. The molecule has 4 nitrogen and oxygen atoms in total. The maximum Gasteiger partial charge on any atom is 0.188 e. The number of amidine groups is 1. The number of thioether (sulfide) groups is 1. The van der Waals surface area contributed by atoms with Crippen molar-refractivity contribution in [2.45, 2.75) is 13.3 Å². The van der Waals surface area contributed by atoms with Crippen molar-refractivity contribution >= 4 is 22.0 Å². The number of rotatable bonds is 1. The van der Waals surface area contributed by atoms with Crippen LogP contribution in [0.2, 0.25) is 0 Å². The maximum atomic E-state index is 3.95. The van der Waals surface area contributed by atoms with E-state index >= 15 is 0 Å². The van der Waals surface area contributed by atoms with Crippen molar-refractivity contribution in [1.29, 1.82) is 0 Å². The number of hydrogen-bond acceptors (Lipinski definition) is 5. The maximum absolute atomic E-state index is 3.95. The highest BCUT2D eigenvalue weighted by Gasteiger charge is 2.06. The molecule has 5 heteroatoms. The summed E-state index contributed by atoms with van der Waals surface area (Å²) >= 11 is 1.56. The van der Waals surface area contributed by atoms with Gasteiger partial charge in [0.15, 0.2) is 5.17 Å². The third-order valence-corrected chi connectivity index (χ3v) is 2.16. The Kier molecular flexibility index (Phi) is 2.56. The Labute approximate surface area is 64.1 Å². The Morgan fingerprint density at radius 3 is 3.00 bits per heavy atom. The molecule has 0 aliphatic carbocycles. The summed E-state index contributed by atoms with van der Waals surface area (Å²) in [5, 5.41) is 12.7. The van der Waals surface area contributed by atoms with Crippen LogP contribution in [-0.2, 0) is 0 Å². The average Bonchev–Trinajstić information content (AvgIpc) is 2.05. The topological polar surface area (TPSA) is 48.8 Å². The van der Waals surface area contributed by atoms with E-state index in [-0.39, 0.29) is 0 Å². The van der Waals surface area contributed by atoms with Crippen LogP contribution in [-0.4, -0.2) is 17.3 Å². The number of nitrogens with zero attached hydrogens (tertiary/aromatic N) is 2. The van der Waals surface area contributed by atoms with Crippen LogP contribution in [0.25, 0.3) is 0 Å². The molecule has 0 fully saturated rings. The van der Waals surface area contributed by atoms with Crippen LogP contribution in [0.15, 0.2) is 10.2 Å². The first-order chi connectivity index (χ1) is 4.86. The highest BCUT2D eigenvalue weighted by Crippen LogP contribution is 2.10. The molecule has 0 bridgehead atoms. The molecule has 10 heavy (non-hydrogen) atoms. The van der Waals surface area contributed by atoms with E-state index in [1.165, 1.54) is 0 Å². The monoisotopic (exact) mass is 158 g/mol. The lowest BCUT2D eigenvalue weighted by Gasteiger charge is -2.09. The van der Waals surface area contributed by atoms with Crippen LogP contribution >= 0.6 is 11.8 Å². The summed E-state index contributed by atoms with van der Waals surface area (Å²) in [6, 6.07) is 0. The van der Waals surface area contributed by atoms with E-state index < -0.39 is 0 Å². The van der Waals surface area contributed by atoms with Gasteiger partial charge in [0.25, 0.3) is 0 Å². The summed E-state index contributed by atoms with van der Waals surface area (Å²) in [6.07, 6.45) is 0.943. The van der Waals surface area contributed by atoms with Gasteiger partial charge in [0.1, 0.15) is 5.04 Å². The van der Waals surface area contributed by atoms with Gasteiger partial charge in [-0.2, -0.15) is 10.6 Å². The summed E-state index contributed by atoms with van der Waals surface area (Å²) in [4.78, 5) is 0. The first-order valence-electron chi connectivity index (χ1n) is 3.11. The van der Waals surface area contributed by atoms with Gasteiger partial charge in [-0.1, -0.05) is 6.92 Å². The number of hydrazone groups is 2. The minimum absolute atomic E-state index is 0.867. The van der Waals surface area contributed by atoms with Gasteiger partial charge < -0.3 is 5.32 Å². The minimum atomic E-state index is 0.867. The summed E-state index contributed by atoms with van der Waals surface area (Å²) in [5.41, 5.74) is 2.58. The molecule has 1 rings (SSSR count). The fourth-order valence-electron chi connectivity index (χ4n) is 0.542. The summed E-state index contributed by atoms with van der Waals surface area (Å²) in [5.74, 6) is 0. The van der Waals surface area contributed by atoms with Gasteiger partial charge in [0, 0.05) is 7.05 Å². The Balaban J connectivity index is 2.49. The van der Waals surface area contributed by atoms with E-state index in [1.807, 2.05) is 7.05 Å². The molecule has 2 N–H and O–H groups in total. The molecule has 0 aromatic heterocycles. The zero-order chi connectivity index (χ0) is 7.40. The van der Waals surface area contributed by atoms with Crippen molar-refractivity contribution in [1.82, 2.24) is 10.9 Å². The van der Waals surface area contributed by atoms with E-state index in [0.717, 1.165) is 16.6 Å². The van der Waals surface area contributed by atoms with Crippen molar-refractivity contribution in [3.05, 3.63) is 0 Å². The molecule has 56 valence electrons. The molecule has 1 aliphatic rings. The minimum Gasteiger partial charge on any atom is -0.366 e. The normalized spacial score (nSPS) is 17.0. The summed E-state index contributed by atoms with van der Waals surface area (Å²) in [7, 11) is 1.84. The Bertz CT molecular complexity index is 156. The molecule has 0 amide bonds. The molecule has 0 spiro atoms. The molecule has 1 heterocycles. The highest BCUT2D eigenvalue weighted by molar-refractivity contribution is 8.26. The Hall–Kier alpha value is -0.710. The van der Waals surface area contributed by atoms with Gasteiger partial charge in [-0.05, 0) is 18.2 Å². The highest BCUT2D eigenvalue weighted by atomic mass is 32.2. The molecule has 0 aromatic rings. The lowest BCUT2D eigenvalue weighted by atomic mass is 10.5. The van der Waals surface area contributed by atoms with Crippen LogP contribution in [0.3, 0.4) is 0 Å². The van der Waals surface area contributed by atoms with Crippen molar-refractivity contribution in [3.63, 3.8) is 0 Å². The molecule has 0 atom stereocenters. The quantitative estimate of drug-likeness (QED) is 0.585. The third-order valence-electron chi connectivity index (χ3n) is 1.06. The van der Waals surface area contributed by atoms with Crippen molar-refractivity contribution in [2.75, 3.05) is 7.05 Å². The molecule has 0 radical (unpaired) electrons. The number of hydrogen-bond donors (Lipinski definition) is 2. The predicted molar refractivity (Wildman–Crippen MR) is 44.9 cm³/mol. The van der Waals surface area contributed by atoms with Gasteiger partial charge in [-0.25, -0.2) is 0 Å². The number of nitrogens with one attached hydrogen (secondary N) is 2. The van der Waals surface area contributed by atoms with Gasteiger partial charge in [0.05, 0.1) is 0 Å². The molecule has 0 saturated heterocycles. The summed E-state index contributed by atoms with van der Waals surface area (Å²) in [6.45, 7) is 2.06. The largest absolute Gasteiger partial charge is 0.366 e. The SMILES string of the molecule is CCC1=NNN=C(NC)S1. The predicted octanol–water partition coefficient (Wildman–Crippen LogP) is 0.537. The fraction of sp³-hybridized carbons (Fsp3) is 0.600. The Morgan fingerprint density at radius 1 is 1.60 bits per heavy atom. The first-order valence-corrected chi connectivity index (χ1v) is 3.93. The second-order valence-electron chi connectivity index (χ2n) is 1.73. The Morgan fingerprint density at radius 2 is 2.40 bits per heavy atom. The van der Waals surface area contributed by atoms with E-state index in [2.05, 4.69) is 28.0 Å². The van der Waals surface area contributed by atoms with Crippen molar-refractivity contribution < 1.29 is 0 Å². The lowest BCUT2D eigenvalue weighted by Crippen LogP contribution is -2.23. The van der Waals surface area contributed by atoms with Crippen LogP contribution < -0.4 is 10.9 Å². The van der Waals surface area contributed by atoms with Crippen LogP contribution in [0, 0.1) is 0 Å². The van der Waals surface area contributed by atoms with Crippen LogP contribution in [0.4, 0.5) is 0 Å². The second kappa shape index (κ2) is 3.46. The first kappa shape index (κ1) is 7.40. The van der Waals surface area contributed by atoms with Crippen molar-refractivity contribution in [2.24, 2.45) is 10.2 Å². The fourth-order valence-corrected chi connectivity index (χ4v) is 1.18. The van der Waals surface area contributed by atoms with E-state index in [1.54, 1.807) is 11.8 Å². The van der Waals surface area contributed by atoms with Gasteiger partial charge >= 0.3 is 0 Å². The standard InChI is InChI=1S/C5H10N4S/c1-3-4-7-9-8-5(6-2)10-4/h9H,3H2,1-2H3,(H,6,8). The zero-order valence-electron chi connectivity index (χ0n) is 6.01. The van der Waals surface area contributed by atoms with E-state index in [0.29, 0.717) is 0 Å². The molecule has 0 aromatic carbocycles. The van der Waals surface area contributed by atoms with Crippen LogP contribution in [0.5, 0.6) is 0 Å². The average molecular weight is 158 g/mol. The zero-order valence-corrected chi connectivity index (χ0v) is 6.83. The van der Waals surface area contributed by atoms with Crippen LogP contribution in [0.1, 0.15) is 13.3 Å². The molecule has 0 unspecified atom stereocenters. The lowest BCUT2D eigenvalue weighted by molar-refractivity contribution is 0.800. The van der Waals surface area contributed by atoms with Gasteiger partial charge in [0.2, 0.25) is 0 Å².